The first-order valence-corrected chi connectivity index (χ1v) is 6.92. The highest BCUT2D eigenvalue weighted by molar-refractivity contribution is 5.26. The van der Waals surface area contributed by atoms with Crippen molar-refractivity contribution in [3.8, 4) is 0 Å². The minimum absolute atomic E-state index is 0.125. The van der Waals surface area contributed by atoms with Crippen LogP contribution in [0.1, 0.15) is 43.1 Å². The topological polar surface area (TPSA) is 42.7 Å². The molecule has 19 heavy (non-hydrogen) atoms. The molecule has 0 aliphatic rings. The van der Waals surface area contributed by atoms with Crippen LogP contribution in [0.4, 0.5) is 0 Å². The van der Waals surface area contributed by atoms with Crippen molar-refractivity contribution in [1.29, 1.82) is 0 Å². The largest absolute Gasteiger partial charge is 0.305 e. The van der Waals surface area contributed by atoms with E-state index in [4.69, 9.17) is 0 Å². The van der Waals surface area contributed by atoms with Gasteiger partial charge in [0.1, 0.15) is 0 Å². The molecular formula is C15H22N4. The fourth-order valence-corrected chi connectivity index (χ4v) is 2.10. The van der Waals surface area contributed by atoms with E-state index >= 15 is 0 Å². The molecule has 0 spiro atoms. The summed E-state index contributed by atoms with van der Waals surface area (Å²) >= 11 is 0. The van der Waals surface area contributed by atoms with Crippen molar-refractivity contribution in [3.63, 3.8) is 0 Å². The lowest BCUT2D eigenvalue weighted by Crippen LogP contribution is -2.23. The molecule has 0 fully saturated rings. The SMILES string of the molecule is CCCNC(c1cnn(CC)c1)c1cc(C)ccn1. The number of aryl methyl sites for hydroxylation is 2. The molecule has 0 radical (unpaired) electrons. The predicted octanol–water partition coefficient (Wildman–Crippen LogP) is 2.70. The van der Waals surface area contributed by atoms with E-state index in [1.807, 2.05) is 23.1 Å². The van der Waals surface area contributed by atoms with Gasteiger partial charge in [0, 0.05) is 24.5 Å². The number of aromatic nitrogens is 3. The fourth-order valence-electron chi connectivity index (χ4n) is 2.10. The lowest BCUT2D eigenvalue weighted by Gasteiger charge is -2.17. The van der Waals surface area contributed by atoms with Crippen molar-refractivity contribution in [3.05, 3.63) is 47.5 Å². The Labute approximate surface area is 114 Å². The van der Waals surface area contributed by atoms with Crippen LogP contribution >= 0.6 is 0 Å². The zero-order valence-electron chi connectivity index (χ0n) is 11.9. The van der Waals surface area contributed by atoms with Crippen molar-refractivity contribution in [2.24, 2.45) is 0 Å². The van der Waals surface area contributed by atoms with Gasteiger partial charge in [-0.2, -0.15) is 5.10 Å². The van der Waals surface area contributed by atoms with Gasteiger partial charge >= 0.3 is 0 Å². The van der Waals surface area contributed by atoms with Crippen LogP contribution in [0.25, 0.3) is 0 Å². The maximum Gasteiger partial charge on any atom is 0.0782 e. The Balaban J connectivity index is 2.29. The van der Waals surface area contributed by atoms with Gasteiger partial charge in [-0.15, -0.1) is 0 Å². The number of nitrogens with zero attached hydrogens (tertiary/aromatic N) is 3. The van der Waals surface area contributed by atoms with E-state index < -0.39 is 0 Å². The first-order chi connectivity index (χ1) is 9.24. The summed E-state index contributed by atoms with van der Waals surface area (Å²) in [5, 5.41) is 7.91. The molecule has 0 bridgehead atoms. The summed E-state index contributed by atoms with van der Waals surface area (Å²) in [6.45, 7) is 8.22. The van der Waals surface area contributed by atoms with E-state index in [1.54, 1.807) is 0 Å². The Morgan fingerprint density at radius 1 is 1.37 bits per heavy atom. The van der Waals surface area contributed by atoms with Crippen LogP contribution in [0.3, 0.4) is 0 Å². The normalized spacial score (nSPS) is 12.6. The van der Waals surface area contributed by atoms with E-state index in [9.17, 15) is 0 Å². The number of rotatable bonds is 6. The second kappa shape index (κ2) is 6.48. The third kappa shape index (κ3) is 3.41. The molecule has 2 aromatic rings. The van der Waals surface area contributed by atoms with Gasteiger partial charge in [0.05, 0.1) is 17.9 Å². The molecule has 2 aromatic heterocycles. The zero-order chi connectivity index (χ0) is 13.7. The van der Waals surface area contributed by atoms with Gasteiger partial charge in [0.2, 0.25) is 0 Å². The quantitative estimate of drug-likeness (QED) is 0.866. The van der Waals surface area contributed by atoms with Gasteiger partial charge in [-0.3, -0.25) is 9.67 Å². The van der Waals surface area contributed by atoms with Crippen molar-refractivity contribution in [2.75, 3.05) is 6.54 Å². The second-order valence-electron chi connectivity index (χ2n) is 4.77. The molecule has 102 valence electrons. The molecule has 0 aliphatic heterocycles. The van der Waals surface area contributed by atoms with E-state index in [0.717, 1.165) is 25.2 Å². The summed E-state index contributed by atoms with van der Waals surface area (Å²) in [5.41, 5.74) is 3.47. The zero-order valence-corrected chi connectivity index (χ0v) is 11.9. The number of hydrogen-bond acceptors (Lipinski definition) is 3. The van der Waals surface area contributed by atoms with E-state index in [1.165, 1.54) is 11.1 Å². The van der Waals surface area contributed by atoms with Gasteiger partial charge in [-0.25, -0.2) is 0 Å². The third-order valence-corrected chi connectivity index (χ3v) is 3.14. The Kier molecular flexibility index (Phi) is 4.68. The average Bonchev–Trinajstić information content (AvgIpc) is 2.88. The molecule has 0 aliphatic carbocycles. The minimum atomic E-state index is 0.125. The molecular weight excluding hydrogens is 236 g/mol. The van der Waals surface area contributed by atoms with Crippen molar-refractivity contribution in [1.82, 2.24) is 20.1 Å². The predicted molar refractivity (Wildman–Crippen MR) is 77.0 cm³/mol. The highest BCUT2D eigenvalue weighted by atomic mass is 15.3. The molecule has 0 amide bonds. The van der Waals surface area contributed by atoms with Gasteiger partial charge < -0.3 is 5.32 Å². The van der Waals surface area contributed by atoms with Crippen molar-refractivity contribution >= 4 is 0 Å². The molecule has 0 aromatic carbocycles. The maximum absolute atomic E-state index is 4.50. The molecule has 0 saturated heterocycles. The first kappa shape index (κ1) is 13.7. The summed E-state index contributed by atoms with van der Waals surface area (Å²) < 4.78 is 1.95. The summed E-state index contributed by atoms with van der Waals surface area (Å²) in [7, 11) is 0. The molecule has 4 nitrogen and oxygen atoms in total. The van der Waals surface area contributed by atoms with Gasteiger partial charge in [0.15, 0.2) is 0 Å². The lowest BCUT2D eigenvalue weighted by molar-refractivity contribution is 0.584. The lowest BCUT2D eigenvalue weighted by atomic mass is 10.1. The third-order valence-electron chi connectivity index (χ3n) is 3.14. The molecule has 4 heteroatoms. The molecule has 2 rings (SSSR count). The average molecular weight is 258 g/mol. The summed E-state index contributed by atoms with van der Waals surface area (Å²) in [6.07, 6.45) is 7.00. The van der Waals surface area contributed by atoms with Crippen molar-refractivity contribution in [2.45, 2.75) is 39.8 Å². The number of hydrogen-bond donors (Lipinski definition) is 1. The van der Waals surface area contributed by atoms with Gasteiger partial charge in [-0.05, 0) is 44.5 Å². The van der Waals surface area contributed by atoms with Crippen LogP contribution in [0.5, 0.6) is 0 Å². The number of nitrogens with one attached hydrogen (secondary N) is 1. The summed E-state index contributed by atoms with van der Waals surface area (Å²) in [5.74, 6) is 0. The molecule has 0 saturated carbocycles. The molecule has 1 unspecified atom stereocenters. The minimum Gasteiger partial charge on any atom is -0.305 e. The monoisotopic (exact) mass is 258 g/mol. The Morgan fingerprint density at radius 2 is 2.21 bits per heavy atom. The Morgan fingerprint density at radius 3 is 2.84 bits per heavy atom. The van der Waals surface area contributed by atoms with E-state index in [-0.39, 0.29) is 6.04 Å². The smallest absolute Gasteiger partial charge is 0.0782 e. The summed E-state index contributed by atoms with van der Waals surface area (Å²) in [4.78, 5) is 4.50. The van der Waals surface area contributed by atoms with Crippen LogP contribution in [0, 0.1) is 6.92 Å². The van der Waals surface area contributed by atoms with E-state index in [2.05, 4.69) is 48.4 Å². The van der Waals surface area contributed by atoms with Gasteiger partial charge in [0.25, 0.3) is 0 Å². The van der Waals surface area contributed by atoms with Crippen LogP contribution in [-0.4, -0.2) is 21.3 Å². The highest BCUT2D eigenvalue weighted by Gasteiger charge is 2.16. The van der Waals surface area contributed by atoms with Crippen LogP contribution in [0.2, 0.25) is 0 Å². The summed E-state index contributed by atoms with van der Waals surface area (Å²) in [6, 6.07) is 4.28. The second-order valence-corrected chi connectivity index (χ2v) is 4.77. The molecule has 1 atom stereocenters. The molecule has 1 N–H and O–H groups in total. The van der Waals surface area contributed by atoms with E-state index in [0.29, 0.717) is 0 Å². The maximum atomic E-state index is 4.50. The number of pyridine rings is 1. The Hall–Kier alpha value is -1.68. The first-order valence-electron chi connectivity index (χ1n) is 6.92. The van der Waals surface area contributed by atoms with Crippen molar-refractivity contribution < 1.29 is 0 Å². The van der Waals surface area contributed by atoms with Crippen LogP contribution in [0.15, 0.2) is 30.7 Å². The Bertz CT molecular complexity index is 518. The molecule has 2 heterocycles. The van der Waals surface area contributed by atoms with Crippen LogP contribution in [-0.2, 0) is 6.54 Å². The standard InChI is InChI=1S/C15H22N4/c1-4-7-17-15(13-10-18-19(5-2)11-13)14-9-12(3)6-8-16-14/h6,8-11,15,17H,4-5,7H2,1-3H3. The van der Waals surface area contributed by atoms with Crippen LogP contribution < -0.4 is 5.32 Å². The fraction of sp³-hybridized carbons (Fsp3) is 0.467. The highest BCUT2D eigenvalue weighted by Crippen LogP contribution is 2.20. The van der Waals surface area contributed by atoms with Gasteiger partial charge in [-0.1, -0.05) is 6.92 Å².